The summed E-state index contributed by atoms with van der Waals surface area (Å²) in [6, 6.07) is 4.60. The van der Waals surface area contributed by atoms with Crippen molar-refractivity contribution in [3.05, 3.63) is 24.0 Å². The van der Waals surface area contributed by atoms with Gasteiger partial charge in [0.15, 0.2) is 0 Å². The summed E-state index contributed by atoms with van der Waals surface area (Å²) in [5.41, 5.74) is 7.30. The number of anilines is 1. The van der Waals surface area contributed by atoms with Crippen LogP contribution in [0, 0.1) is 0 Å². The topological polar surface area (TPSA) is 54.2 Å². The van der Waals surface area contributed by atoms with E-state index in [1.54, 1.807) is 6.20 Å². The van der Waals surface area contributed by atoms with Crippen molar-refractivity contribution in [2.24, 2.45) is 5.73 Å². The van der Waals surface area contributed by atoms with E-state index in [9.17, 15) is 0 Å². The molecule has 1 aliphatic heterocycles. The highest BCUT2D eigenvalue weighted by Crippen LogP contribution is 2.16. The van der Waals surface area contributed by atoms with Gasteiger partial charge in [0.25, 0.3) is 0 Å². The number of hydrogen-bond acceptors (Lipinski definition) is 4. The minimum atomic E-state index is 0.343. The predicted molar refractivity (Wildman–Crippen MR) is 88.1 cm³/mol. The van der Waals surface area contributed by atoms with Gasteiger partial charge in [-0.2, -0.15) is 0 Å². The quantitative estimate of drug-likeness (QED) is 0.623. The Labute approximate surface area is 126 Å². The lowest BCUT2D eigenvalue weighted by Gasteiger charge is -2.33. The maximum Gasteiger partial charge on any atom is 0.122 e. The van der Waals surface area contributed by atoms with Gasteiger partial charge in [-0.3, -0.25) is 4.98 Å². The minimum Gasteiger partial charge on any atom is -0.388 e. The summed E-state index contributed by atoms with van der Waals surface area (Å²) in [6.07, 6.45) is 6.96. The summed E-state index contributed by atoms with van der Waals surface area (Å²) in [5, 5.41) is 3.41. The third kappa shape index (κ3) is 4.42. The summed E-state index contributed by atoms with van der Waals surface area (Å²) >= 11 is 4.94. The van der Waals surface area contributed by atoms with E-state index in [-0.39, 0.29) is 0 Å². The first-order chi connectivity index (χ1) is 9.66. The molecule has 1 unspecified atom stereocenters. The lowest BCUT2D eigenvalue weighted by atomic mass is 10.0. The molecule has 0 saturated carbocycles. The number of nitrogens with zero attached hydrogens (tertiary/aromatic N) is 2. The zero-order chi connectivity index (χ0) is 14.4. The fourth-order valence-corrected chi connectivity index (χ4v) is 2.79. The van der Waals surface area contributed by atoms with E-state index in [4.69, 9.17) is 18.0 Å². The lowest BCUT2D eigenvalue weighted by molar-refractivity contribution is 0.160. The van der Waals surface area contributed by atoms with Gasteiger partial charge in [-0.05, 0) is 44.9 Å². The third-order valence-corrected chi connectivity index (χ3v) is 4.11. The van der Waals surface area contributed by atoms with Crippen molar-refractivity contribution in [2.75, 3.05) is 25.0 Å². The van der Waals surface area contributed by atoms with Crippen LogP contribution in [0.25, 0.3) is 0 Å². The Hall–Kier alpha value is -1.20. The van der Waals surface area contributed by atoms with Crippen molar-refractivity contribution in [1.82, 2.24) is 9.88 Å². The molecular formula is C15H24N4S. The Kier molecular flexibility index (Phi) is 5.73. The Morgan fingerprint density at radius 1 is 1.55 bits per heavy atom. The van der Waals surface area contributed by atoms with Gasteiger partial charge in [0.2, 0.25) is 0 Å². The minimum absolute atomic E-state index is 0.343. The Balaban J connectivity index is 1.73. The second-order valence-electron chi connectivity index (χ2n) is 5.46. The number of aromatic nitrogens is 1. The second kappa shape index (κ2) is 7.55. The first kappa shape index (κ1) is 15.2. The Bertz CT molecular complexity index is 449. The van der Waals surface area contributed by atoms with Crippen LogP contribution in [0.1, 0.15) is 38.3 Å². The summed E-state index contributed by atoms with van der Waals surface area (Å²) in [7, 11) is 0. The van der Waals surface area contributed by atoms with Gasteiger partial charge in [-0.25, -0.2) is 0 Å². The van der Waals surface area contributed by atoms with E-state index in [1.165, 1.54) is 32.4 Å². The van der Waals surface area contributed by atoms with Crippen molar-refractivity contribution < 1.29 is 0 Å². The molecule has 110 valence electrons. The van der Waals surface area contributed by atoms with Gasteiger partial charge in [-0.15, -0.1) is 0 Å². The standard InChI is InChI=1S/C15H24N4S/c1-12-5-2-3-9-19(12)10-4-7-17-13-6-8-18-14(11-13)15(16)20/h6,8,11-12H,2-5,7,9-10H2,1H3,(H2,16,20)(H,17,18). The SMILES string of the molecule is CC1CCCCN1CCCNc1ccnc(C(N)=S)c1. The molecule has 4 nitrogen and oxygen atoms in total. The van der Waals surface area contributed by atoms with Gasteiger partial charge >= 0.3 is 0 Å². The van der Waals surface area contributed by atoms with Crippen LogP contribution >= 0.6 is 12.2 Å². The summed E-state index contributed by atoms with van der Waals surface area (Å²) < 4.78 is 0. The molecule has 1 aromatic rings. The van der Waals surface area contributed by atoms with Crippen LogP contribution in [0.15, 0.2) is 18.3 Å². The highest BCUT2D eigenvalue weighted by atomic mass is 32.1. The van der Waals surface area contributed by atoms with Crippen LogP contribution in [0.5, 0.6) is 0 Å². The smallest absolute Gasteiger partial charge is 0.122 e. The molecule has 0 amide bonds. The van der Waals surface area contributed by atoms with Crippen molar-refractivity contribution in [3.8, 4) is 0 Å². The Morgan fingerprint density at radius 3 is 3.15 bits per heavy atom. The molecule has 20 heavy (non-hydrogen) atoms. The van der Waals surface area contributed by atoms with Gasteiger partial charge in [0, 0.05) is 31.0 Å². The van der Waals surface area contributed by atoms with E-state index in [0.29, 0.717) is 10.7 Å². The summed E-state index contributed by atoms with van der Waals surface area (Å²) in [4.78, 5) is 7.07. The van der Waals surface area contributed by atoms with Crippen LogP contribution in [-0.2, 0) is 0 Å². The van der Waals surface area contributed by atoms with E-state index in [2.05, 4.69) is 22.1 Å². The lowest BCUT2D eigenvalue weighted by Crippen LogP contribution is -2.38. The molecule has 1 fully saturated rings. The van der Waals surface area contributed by atoms with Gasteiger partial charge < -0.3 is 16.0 Å². The second-order valence-corrected chi connectivity index (χ2v) is 5.89. The van der Waals surface area contributed by atoms with Crippen LogP contribution in [0.2, 0.25) is 0 Å². The molecule has 0 bridgehead atoms. The van der Waals surface area contributed by atoms with Gasteiger partial charge in [-0.1, -0.05) is 18.6 Å². The maximum atomic E-state index is 5.58. The molecule has 5 heteroatoms. The number of nitrogens with two attached hydrogens (primary N) is 1. The highest BCUT2D eigenvalue weighted by Gasteiger charge is 2.16. The molecule has 2 heterocycles. The van der Waals surface area contributed by atoms with Crippen LogP contribution in [-0.4, -0.2) is 40.5 Å². The number of piperidine rings is 1. The number of hydrogen-bond donors (Lipinski definition) is 2. The molecule has 1 aliphatic rings. The molecule has 1 saturated heterocycles. The highest BCUT2D eigenvalue weighted by molar-refractivity contribution is 7.80. The molecule has 0 aromatic carbocycles. The maximum absolute atomic E-state index is 5.58. The predicted octanol–water partition coefficient (Wildman–Crippen LogP) is 2.39. The van der Waals surface area contributed by atoms with Crippen LogP contribution in [0.3, 0.4) is 0 Å². The average molecular weight is 292 g/mol. The molecule has 1 atom stereocenters. The third-order valence-electron chi connectivity index (χ3n) is 3.90. The van der Waals surface area contributed by atoms with E-state index >= 15 is 0 Å². The average Bonchev–Trinajstić information content (AvgIpc) is 2.45. The summed E-state index contributed by atoms with van der Waals surface area (Å²) in [6.45, 7) is 5.72. The largest absolute Gasteiger partial charge is 0.388 e. The molecule has 3 N–H and O–H groups in total. The number of pyridine rings is 1. The fraction of sp³-hybridized carbons (Fsp3) is 0.600. The van der Waals surface area contributed by atoms with E-state index < -0.39 is 0 Å². The number of likely N-dealkylation sites (tertiary alicyclic amines) is 1. The number of nitrogens with one attached hydrogen (secondary N) is 1. The zero-order valence-corrected chi connectivity index (χ0v) is 13.0. The molecule has 0 spiro atoms. The Morgan fingerprint density at radius 2 is 2.40 bits per heavy atom. The first-order valence-electron chi connectivity index (χ1n) is 7.40. The first-order valence-corrected chi connectivity index (χ1v) is 7.81. The van der Waals surface area contributed by atoms with Crippen molar-refractivity contribution >= 4 is 22.9 Å². The van der Waals surface area contributed by atoms with E-state index in [1.807, 2.05) is 12.1 Å². The summed E-state index contributed by atoms with van der Waals surface area (Å²) in [5.74, 6) is 0. The number of rotatable bonds is 6. The number of thiocarbonyl (C=S) groups is 1. The van der Waals surface area contributed by atoms with Crippen LogP contribution in [0.4, 0.5) is 5.69 Å². The van der Waals surface area contributed by atoms with Crippen molar-refractivity contribution in [3.63, 3.8) is 0 Å². The molecule has 0 aliphatic carbocycles. The van der Waals surface area contributed by atoms with Gasteiger partial charge in [0.05, 0.1) is 5.69 Å². The molecule has 2 rings (SSSR count). The fourth-order valence-electron chi connectivity index (χ4n) is 2.68. The van der Waals surface area contributed by atoms with Crippen LogP contribution < -0.4 is 11.1 Å². The molecule has 0 radical (unpaired) electrons. The molecule has 1 aromatic heterocycles. The zero-order valence-electron chi connectivity index (χ0n) is 12.1. The van der Waals surface area contributed by atoms with Gasteiger partial charge in [0.1, 0.15) is 4.99 Å². The van der Waals surface area contributed by atoms with Crippen molar-refractivity contribution in [2.45, 2.75) is 38.6 Å². The van der Waals surface area contributed by atoms with Crippen molar-refractivity contribution in [1.29, 1.82) is 0 Å². The monoisotopic (exact) mass is 292 g/mol. The normalized spacial score (nSPS) is 19.8. The molecular weight excluding hydrogens is 268 g/mol. The van der Waals surface area contributed by atoms with E-state index in [0.717, 1.165) is 24.7 Å².